The van der Waals surface area contributed by atoms with Gasteiger partial charge < -0.3 is 4.90 Å². The maximum absolute atomic E-state index is 12.6. The molecule has 2 heterocycles. The first-order chi connectivity index (χ1) is 11.2. The van der Waals surface area contributed by atoms with E-state index in [4.69, 9.17) is 0 Å². The lowest BCUT2D eigenvalue weighted by Crippen LogP contribution is -2.38. The molecule has 0 aliphatic carbocycles. The van der Waals surface area contributed by atoms with Crippen molar-refractivity contribution in [2.75, 3.05) is 13.1 Å². The number of para-hydroxylation sites is 2. The normalized spacial score (nSPS) is 15.3. The van der Waals surface area contributed by atoms with Crippen molar-refractivity contribution in [3.8, 4) is 0 Å². The van der Waals surface area contributed by atoms with Crippen LogP contribution in [-0.2, 0) is 4.79 Å². The van der Waals surface area contributed by atoms with E-state index in [0.29, 0.717) is 37.0 Å². The average Bonchev–Trinajstić information content (AvgIpc) is 2.59. The van der Waals surface area contributed by atoms with E-state index in [1.54, 1.807) is 17.0 Å². The molecule has 0 atom stereocenters. The topological polar surface area (TPSA) is 63.2 Å². The summed E-state index contributed by atoms with van der Waals surface area (Å²) in [4.78, 5) is 34.8. The van der Waals surface area contributed by atoms with Gasteiger partial charge in [0.25, 0.3) is 5.91 Å². The van der Waals surface area contributed by atoms with E-state index in [1.165, 1.54) is 0 Å². The number of likely N-dealkylation sites (tertiary alicyclic amines) is 1. The van der Waals surface area contributed by atoms with Crippen molar-refractivity contribution in [3.05, 3.63) is 48.0 Å². The molecule has 23 heavy (non-hydrogen) atoms. The molecule has 3 aromatic rings. The zero-order valence-electron chi connectivity index (χ0n) is 12.5. The third kappa shape index (κ3) is 2.54. The Labute approximate surface area is 133 Å². The molecule has 1 aliphatic heterocycles. The standard InChI is InChI=1S/C18H15N3O2/c22-13-7-9-21(10-8-13)18(23)12-5-6-16-17(11-12)20-15-4-2-1-3-14(15)19-16/h1-6,11H,7-10H2. The van der Waals surface area contributed by atoms with Crippen molar-refractivity contribution in [1.82, 2.24) is 14.9 Å². The van der Waals surface area contributed by atoms with Gasteiger partial charge in [-0.3, -0.25) is 9.59 Å². The molecule has 4 rings (SSSR count). The van der Waals surface area contributed by atoms with E-state index in [-0.39, 0.29) is 11.7 Å². The number of carbonyl (C=O) groups is 2. The number of Topliss-reactive ketones (excluding diaryl/α,β-unsaturated/α-hetero) is 1. The molecule has 1 saturated heterocycles. The molecule has 0 N–H and O–H groups in total. The first-order valence-electron chi connectivity index (χ1n) is 7.68. The van der Waals surface area contributed by atoms with Gasteiger partial charge in [0.05, 0.1) is 22.1 Å². The highest BCUT2D eigenvalue weighted by molar-refractivity contribution is 5.99. The van der Waals surface area contributed by atoms with Crippen LogP contribution in [0.25, 0.3) is 22.1 Å². The summed E-state index contributed by atoms with van der Waals surface area (Å²) in [5.41, 5.74) is 3.73. The van der Waals surface area contributed by atoms with Crippen LogP contribution >= 0.6 is 0 Å². The molecule has 114 valence electrons. The molecule has 0 radical (unpaired) electrons. The number of carbonyl (C=O) groups excluding carboxylic acids is 2. The molecule has 5 heteroatoms. The van der Waals surface area contributed by atoms with Crippen molar-refractivity contribution in [1.29, 1.82) is 0 Å². The van der Waals surface area contributed by atoms with Crippen LogP contribution in [-0.4, -0.2) is 39.6 Å². The van der Waals surface area contributed by atoms with Gasteiger partial charge in [0.2, 0.25) is 0 Å². The van der Waals surface area contributed by atoms with Crippen LogP contribution in [0.3, 0.4) is 0 Å². The molecule has 2 aromatic carbocycles. The SMILES string of the molecule is O=C1CCN(C(=O)c2ccc3nc4ccccc4nc3c2)CC1. The zero-order valence-corrected chi connectivity index (χ0v) is 12.5. The molecular formula is C18H15N3O2. The predicted molar refractivity (Wildman–Crippen MR) is 87.2 cm³/mol. The first-order valence-corrected chi connectivity index (χ1v) is 7.68. The summed E-state index contributed by atoms with van der Waals surface area (Å²) < 4.78 is 0. The fourth-order valence-corrected chi connectivity index (χ4v) is 2.90. The number of amides is 1. The minimum atomic E-state index is -0.0469. The van der Waals surface area contributed by atoms with E-state index in [1.807, 2.05) is 30.3 Å². The Morgan fingerprint density at radius 1 is 0.870 bits per heavy atom. The minimum Gasteiger partial charge on any atom is -0.338 e. The van der Waals surface area contributed by atoms with Gasteiger partial charge in [0.15, 0.2) is 0 Å². The number of fused-ring (bicyclic) bond motifs is 2. The van der Waals surface area contributed by atoms with Crippen LogP contribution in [0.1, 0.15) is 23.2 Å². The largest absolute Gasteiger partial charge is 0.338 e. The highest BCUT2D eigenvalue weighted by Crippen LogP contribution is 2.19. The summed E-state index contributed by atoms with van der Waals surface area (Å²) in [6.07, 6.45) is 0.896. The number of rotatable bonds is 1. The van der Waals surface area contributed by atoms with Crippen LogP contribution < -0.4 is 0 Å². The molecule has 0 bridgehead atoms. The quantitative estimate of drug-likeness (QED) is 0.648. The monoisotopic (exact) mass is 305 g/mol. The van der Waals surface area contributed by atoms with Crippen LogP contribution in [0.15, 0.2) is 42.5 Å². The average molecular weight is 305 g/mol. The Morgan fingerprint density at radius 3 is 2.17 bits per heavy atom. The number of piperidine rings is 1. The summed E-state index contributed by atoms with van der Waals surface area (Å²) in [6.45, 7) is 0.998. The summed E-state index contributed by atoms with van der Waals surface area (Å²) in [5, 5.41) is 0. The number of aromatic nitrogens is 2. The van der Waals surface area contributed by atoms with Crippen molar-refractivity contribution in [3.63, 3.8) is 0 Å². The fraction of sp³-hybridized carbons (Fsp3) is 0.222. The Kier molecular flexibility index (Phi) is 3.26. The third-order valence-electron chi connectivity index (χ3n) is 4.19. The maximum Gasteiger partial charge on any atom is 0.253 e. The van der Waals surface area contributed by atoms with Crippen molar-refractivity contribution >= 4 is 33.8 Å². The van der Waals surface area contributed by atoms with E-state index >= 15 is 0 Å². The Balaban J connectivity index is 1.71. The second-order valence-electron chi connectivity index (χ2n) is 5.75. The molecule has 1 aliphatic rings. The lowest BCUT2D eigenvalue weighted by atomic mass is 10.1. The lowest BCUT2D eigenvalue weighted by Gasteiger charge is -2.26. The van der Waals surface area contributed by atoms with Gasteiger partial charge in [-0.15, -0.1) is 0 Å². The van der Waals surface area contributed by atoms with Gasteiger partial charge in [-0.25, -0.2) is 9.97 Å². The molecule has 5 nitrogen and oxygen atoms in total. The molecular weight excluding hydrogens is 290 g/mol. The highest BCUT2D eigenvalue weighted by Gasteiger charge is 2.22. The van der Waals surface area contributed by atoms with Gasteiger partial charge in [0, 0.05) is 31.5 Å². The Hall–Kier alpha value is -2.82. The minimum absolute atomic E-state index is 0.0469. The van der Waals surface area contributed by atoms with E-state index in [2.05, 4.69) is 9.97 Å². The van der Waals surface area contributed by atoms with E-state index < -0.39 is 0 Å². The maximum atomic E-state index is 12.6. The Bertz CT molecular complexity index is 926. The second kappa shape index (κ2) is 5.43. The van der Waals surface area contributed by atoms with Gasteiger partial charge in [0.1, 0.15) is 5.78 Å². The van der Waals surface area contributed by atoms with Crippen LogP contribution in [0.2, 0.25) is 0 Å². The number of hydrogen-bond acceptors (Lipinski definition) is 4. The van der Waals surface area contributed by atoms with Crippen molar-refractivity contribution in [2.24, 2.45) is 0 Å². The van der Waals surface area contributed by atoms with E-state index in [0.717, 1.165) is 16.6 Å². The van der Waals surface area contributed by atoms with Crippen LogP contribution in [0, 0.1) is 0 Å². The number of nitrogens with zero attached hydrogens (tertiary/aromatic N) is 3. The predicted octanol–water partition coefficient (Wildman–Crippen LogP) is 2.59. The van der Waals surface area contributed by atoms with Crippen molar-refractivity contribution in [2.45, 2.75) is 12.8 Å². The molecule has 1 amide bonds. The number of ketones is 1. The lowest BCUT2D eigenvalue weighted by molar-refractivity contribution is -0.120. The van der Waals surface area contributed by atoms with Gasteiger partial charge in [-0.2, -0.15) is 0 Å². The zero-order chi connectivity index (χ0) is 15.8. The second-order valence-corrected chi connectivity index (χ2v) is 5.75. The molecule has 0 unspecified atom stereocenters. The van der Waals surface area contributed by atoms with Gasteiger partial charge in [-0.05, 0) is 30.3 Å². The van der Waals surface area contributed by atoms with Crippen LogP contribution in [0.5, 0.6) is 0 Å². The van der Waals surface area contributed by atoms with Crippen molar-refractivity contribution < 1.29 is 9.59 Å². The highest BCUT2D eigenvalue weighted by atomic mass is 16.2. The number of benzene rings is 2. The third-order valence-corrected chi connectivity index (χ3v) is 4.19. The smallest absolute Gasteiger partial charge is 0.253 e. The van der Waals surface area contributed by atoms with Gasteiger partial charge in [-0.1, -0.05) is 12.1 Å². The summed E-state index contributed by atoms with van der Waals surface area (Å²) in [5.74, 6) is 0.180. The van der Waals surface area contributed by atoms with Gasteiger partial charge >= 0.3 is 0 Å². The molecule has 1 fully saturated rings. The molecule has 0 spiro atoms. The number of hydrogen-bond donors (Lipinski definition) is 0. The summed E-state index contributed by atoms with van der Waals surface area (Å²) in [6, 6.07) is 13.1. The molecule has 1 aromatic heterocycles. The summed E-state index contributed by atoms with van der Waals surface area (Å²) >= 11 is 0. The Morgan fingerprint density at radius 2 is 1.48 bits per heavy atom. The first kappa shape index (κ1) is 13.8. The molecule has 0 saturated carbocycles. The van der Waals surface area contributed by atoms with Crippen LogP contribution in [0.4, 0.5) is 0 Å². The fourth-order valence-electron chi connectivity index (χ4n) is 2.90. The summed E-state index contributed by atoms with van der Waals surface area (Å²) in [7, 11) is 0. The van der Waals surface area contributed by atoms with E-state index in [9.17, 15) is 9.59 Å².